The van der Waals surface area contributed by atoms with Crippen molar-refractivity contribution >= 4 is 5.97 Å². The van der Waals surface area contributed by atoms with Crippen molar-refractivity contribution in [3.63, 3.8) is 0 Å². The van der Waals surface area contributed by atoms with Gasteiger partial charge in [-0.2, -0.15) is 0 Å². The Morgan fingerprint density at radius 1 is 1.29 bits per heavy atom. The van der Waals surface area contributed by atoms with Gasteiger partial charge < -0.3 is 25.2 Å². The number of carbonyl (C=O) groups excluding carboxylic acids is 1. The Labute approximate surface area is 121 Å². The van der Waals surface area contributed by atoms with Gasteiger partial charge in [0.1, 0.15) is 0 Å². The van der Waals surface area contributed by atoms with Crippen molar-refractivity contribution in [2.24, 2.45) is 0 Å². The molecule has 5 nitrogen and oxygen atoms in total. The van der Waals surface area contributed by atoms with Crippen LogP contribution in [0.3, 0.4) is 0 Å². The van der Waals surface area contributed by atoms with Crippen LogP contribution >= 0.6 is 0 Å². The third-order valence-corrected chi connectivity index (χ3v) is 2.19. The number of aliphatic hydroxyl groups excluding tert-OH is 1. The van der Waals surface area contributed by atoms with Gasteiger partial charge in [-0.1, -0.05) is 6.07 Å². The predicted molar refractivity (Wildman–Crippen MR) is 53.7 cm³/mol. The van der Waals surface area contributed by atoms with Gasteiger partial charge in [-0.05, 0) is 37.0 Å². The molecule has 0 radical (unpaired) electrons. The summed E-state index contributed by atoms with van der Waals surface area (Å²) in [6.07, 6.45) is -0.682. The minimum Gasteiger partial charge on any atom is -0.550 e. The minimum atomic E-state index is -1.20. The molecule has 0 aromatic heterocycles. The number of aromatic hydroxyl groups is 2. The van der Waals surface area contributed by atoms with E-state index >= 15 is 0 Å². The molecular formula is C11H13NaO5. The van der Waals surface area contributed by atoms with E-state index in [-0.39, 0.29) is 60.3 Å². The van der Waals surface area contributed by atoms with E-state index in [1.54, 1.807) is 6.07 Å². The smallest absolute Gasteiger partial charge is 0.550 e. The number of carboxylic acid groups (broad SMARTS) is 1. The Morgan fingerprint density at radius 3 is 2.47 bits per heavy atom. The van der Waals surface area contributed by atoms with Crippen LogP contribution in [0.2, 0.25) is 0 Å². The third-order valence-electron chi connectivity index (χ3n) is 2.19. The van der Waals surface area contributed by atoms with E-state index in [1.165, 1.54) is 12.1 Å². The van der Waals surface area contributed by atoms with Crippen molar-refractivity contribution < 1.29 is 54.8 Å². The molecule has 0 aliphatic heterocycles. The molecule has 0 unspecified atom stereocenters. The van der Waals surface area contributed by atoms with Crippen LogP contribution in [0.4, 0.5) is 0 Å². The first-order valence-corrected chi connectivity index (χ1v) is 4.88. The fraction of sp³-hybridized carbons (Fsp3) is 0.364. The fourth-order valence-electron chi connectivity index (χ4n) is 1.35. The van der Waals surface area contributed by atoms with Gasteiger partial charge in [-0.25, -0.2) is 0 Å². The number of carboxylic acids is 1. The number of phenolic OH excluding ortho intramolecular Hbond substituents is 2. The summed E-state index contributed by atoms with van der Waals surface area (Å²) < 4.78 is 0. The molecule has 1 rings (SSSR count). The zero-order valence-corrected chi connectivity index (χ0v) is 11.6. The summed E-state index contributed by atoms with van der Waals surface area (Å²) in [4.78, 5) is 10.2. The Kier molecular flexibility index (Phi) is 7.22. The molecule has 0 heterocycles. The molecule has 3 N–H and O–H groups in total. The maximum atomic E-state index is 10.2. The van der Waals surface area contributed by atoms with E-state index < -0.39 is 12.1 Å². The summed E-state index contributed by atoms with van der Waals surface area (Å²) in [5.41, 5.74) is 0.626. The third kappa shape index (κ3) is 5.93. The van der Waals surface area contributed by atoms with Gasteiger partial charge in [0.25, 0.3) is 0 Å². The molecule has 0 amide bonds. The van der Waals surface area contributed by atoms with Gasteiger partial charge >= 0.3 is 29.6 Å². The molecule has 88 valence electrons. The van der Waals surface area contributed by atoms with Crippen molar-refractivity contribution in [2.45, 2.75) is 25.4 Å². The maximum Gasteiger partial charge on any atom is 1.00 e. The van der Waals surface area contributed by atoms with Gasteiger partial charge in [0.2, 0.25) is 0 Å². The second kappa shape index (κ2) is 7.55. The summed E-state index contributed by atoms with van der Waals surface area (Å²) in [6, 6.07) is 4.20. The van der Waals surface area contributed by atoms with E-state index in [0.29, 0.717) is 5.56 Å². The summed E-state index contributed by atoms with van der Waals surface area (Å²) in [6.45, 7) is 0. The van der Waals surface area contributed by atoms with Crippen molar-refractivity contribution in [3.8, 4) is 11.5 Å². The molecule has 0 bridgehead atoms. The molecule has 1 atom stereocenters. The van der Waals surface area contributed by atoms with Gasteiger partial charge in [0.05, 0.1) is 6.10 Å². The molecule has 0 saturated carbocycles. The van der Waals surface area contributed by atoms with Crippen molar-refractivity contribution in [1.82, 2.24) is 0 Å². The number of benzene rings is 1. The molecule has 0 fully saturated rings. The SMILES string of the molecule is O=C([O-])CC[C@@H](O)Cc1ccc(O)c(O)c1.[Na+]. The van der Waals surface area contributed by atoms with Crippen LogP contribution in [-0.4, -0.2) is 27.4 Å². The van der Waals surface area contributed by atoms with E-state index in [0.717, 1.165) is 0 Å². The van der Waals surface area contributed by atoms with Crippen LogP contribution < -0.4 is 34.7 Å². The van der Waals surface area contributed by atoms with Crippen LogP contribution in [0.1, 0.15) is 18.4 Å². The first-order chi connectivity index (χ1) is 7.49. The quantitative estimate of drug-likeness (QED) is 0.371. The Morgan fingerprint density at radius 2 is 1.94 bits per heavy atom. The van der Waals surface area contributed by atoms with E-state index in [1.807, 2.05) is 0 Å². The van der Waals surface area contributed by atoms with Crippen molar-refractivity contribution in [1.29, 1.82) is 0 Å². The average molecular weight is 248 g/mol. The maximum absolute atomic E-state index is 10.2. The largest absolute Gasteiger partial charge is 1.00 e. The zero-order valence-electron chi connectivity index (χ0n) is 9.59. The number of aliphatic carboxylic acids is 1. The van der Waals surface area contributed by atoms with E-state index in [2.05, 4.69) is 0 Å². The summed E-state index contributed by atoms with van der Waals surface area (Å²) in [5, 5.41) is 37.9. The standard InChI is InChI=1S/C11H14O5.Na/c12-8(2-4-11(15)16)5-7-1-3-9(13)10(14)6-7;/h1,3,6,8,12-14H,2,4-5H2,(H,15,16);/q;+1/p-1/t8-;/m1./s1. The van der Waals surface area contributed by atoms with Gasteiger partial charge in [-0.15, -0.1) is 0 Å². The van der Waals surface area contributed by atoms with E-state index in [9.17, 15) is 20.1 Å². The number of carbonyl (C=O) groups is 1. The first-order valence-electron chi connectivity index (χ1n) is 4.88. The Hall–Kier alpha value is -0.750. The zero-order chi connectivity index (χ0) is 12.1. The molecule has 0 aliphatic rings. The second-order valence-corrected chi connectivity index (χ2v) is 3.59. The summed E-state index contributed by atoms with van der Waals surface area (Å²) in [7, 11) is 0. The van der Waals surface area contributed by atoms with Crippen molar-refractivity contribution in [2.75, 3.05) is 0 Å². The molecule has 0 spiro atoms. The predicted octanol–water partition coefficient (Wildman–Crippen LogP) is -3.46. The normalized spacial score (nSPS) is 11.6. The molecule has 17 heavy (non-hydrogen) atoms. The summed E-state index contributed by atoms with van der Waals surface area (Å²) >= 11 is 0. The summed E-state index contributed by atoms with van der Waals surface area (Å²) in [5.74, 6) is -1.69. The Balaban J connectivity index is 0.00000256. The molecule has 0 aliphatic carbocycles. The molecule has 1 aromatic carbocycles. The van der Waals surface area contributed by atoms with Crippen LogP contribution in [0.15, 0.2) is 18.2 Å². The molecular weight excluding hydrogens is 235 g/mol. The molecule has 1 aromatic rings. The van der Waals surface area contributed by atoms with Crippen LogP contribution in [0, 0.1) is 0 Å². The molecule has 6 heteroatoms. The number of hydrogen-bond acceptors (Lipinski definition) is 5. The number of hydrogen-bond donors (Lipinski definition) is 3. The number of phenols is 2. The van der Waals surface area contributed by atoms with Crippen molar-refractivity contribution in [3.05, 3.63) is 23.8 Å². The van der Waals surface area contributed by atoms with Gasteiger partial charge in [0, 0.05) is 5.97 Å². The van der Waals surface area contributed by atoms with Gasteiger partial charge in [-0.3, -0.25) is 0 Å². The van der Waals surface area contributed by atoms with Crippen LogP contribution in [-0.2, 0) is 11.2 Å². The average Bonchev–Trinajstić information content (AvgIpc) is 2.21. The number of aliphatic hydroxyl groups is 1. The number of rotatable bonds is 5. The monoisotopic (exact) mass is 248 g/mol. The Bertz CT molecular complexity index is 380. The van der Waals surface area contributed by atoms with E-state index in [4.69, 9.17) is 5.11 Å². The van der Waals surface area contributed by atoms with Crippen LogP contribution in [0.5, 0.6) is 11.5 Å². The fourth-order valence-corrected chi connectivity index (χ4v) is 1.35. The molecule has 0 saturated heterocycles. The minimum absolute atomic E-state index is 0. The van der Waals surface area contributed by atoms with Crippen LogP contribution in [0.25, 0.3) is 0 Å². The topological polar surface area (TPSA) is 101 Å². The second-order valence-electron chi connectivity index (χ2n) is 3.59. The first kappa shape index (κ1) is 16.2. The van der Waals surface area contributed by atoms with Gasteiger partial charge in [0.15, 0.2) is 11.5 Å².